The van der Waals surface area contributed by atoms with Crippen molar-refractivity contribution in [2.24, 2.45) is 17.3 Å². The molecule has 2 unspecified atom stereocenters. The van der Waals surface area contributed by atoms with E-state index in [-0.39, 0.29) is 0 Å². The van der Waals surface area contributed by atoms with E-state index in [4.69, 9.17) is 11.6 Å². The van der Waals surface area contributed by atoms with E-state index in [2.05, 4.69) is 15.9 Å². The van der Waals surface area contributed by atoms with Gasteiger partial charge in [-0.25, -0.2) is 0 Å². The Balaban J connectivity index is 2.05. The summed E-state index contributed by atoms with van der Waals surface area (Å²) in [6, 6.07) is 0. The summed E-state index contributed by atoms with van der Waals surface area (Å²) in [7, 11) is 0. The maximum absolute atomic E-state index is 5.87. The van der Waals surface area contributed by atoms with Gasteiger partial charge in [0.05, 0.1) is 0 Å². The van der Waals surface area contributed by atoms with Gasteiger partial charge in [0.1, 0.15) is 0 Å². The Hall–Kier alpha value is 0.770. The van der Waals surface area contributed by atoms with Crippen LogP contribution in [0, 0.1) is 17.3 Å². The standard InChI is InChI=1S/C7H8BrCl/c8-7-4-1-2-5(7)6(4,7)3-9/h4-5H,1-3H2. The van der Waals surface area contributed by atoms with Gasteiger partial charge in [0.2, 0.25) is 0 Å². The van der Waals surface area contributed by atoms with E-state index >= 15 is 0 Å². The Morgan fingerprint density at radius 2 is 2.00 bits per heavy atom. The van der Waals surface area contributed by atoms with Gasteiger partial charge in [-0.15, -0.1) is 11.6 Å². The van der Waals surface area contributed by atoms with Crippen LogP contribution in [0.2, 0.25) is 0 Å². The number of rotatable bonds is 1. The first-order valence-corrected chi connectivity index (χ1v) is 4.86. The highest BCUT2D eigenvalue weighted by Gasteiger charge is 2.98. The third-order valence-corrected chi connectivity index (χ3v) is 6.06. The summed E-state index contributed by atoms with van der Waals surface area (Å²) in [6.07, 6.45) is 2.87. The topological polar surface area (TPSA) is 0 Å². The highest BCUT2D eigenvalue weighted by Crippen LogP contribution is 2.97. The predicted octanol–water partition coefficient (Wildman–Crippen LogP) is 2.40. The Morgan fingerprint density at radius 3 is 2.22 bits per heavy atom. The van der Waals surface area contributed by atoms with Gasteiger partial charge >= 0.3 is 0 Å². The van der Waals surface area contributed by atoms with Crippen LogP contribution in [0.15, 0.2) is 0 Å². The van der Waals surface area contributed by atoms with Crippen LogP contribution < -0.4 is 0 Å². The van der Waals surface area contributed by atoms with Gasteiger partial charge in [-0.1, -0.05) is 15.9 Å². The molecule has 9 heavy (non-hydrogen) atoms. The average Bonchev–Trinajstić information content (AvgIpc) is 2.38. The van der Waals surface area contributed by atoms with Crippen LogP contribution in [-0.2, 0) is 0 Å². The van der Waals surface area contributed by atoms with E-state index in [9.17, 15) is 0 Å². The van der Waals surface area contributed by atoms with Gasteiger partial charge in [0.15, 0.2) is 0 Å². The molecule has 0 nitrogen and oxygen atoms in total. The van der Waals surface area contributed by atoms with Crippen molar-refractivity contribution in [3.05, 3.63) is 0 Å². The van der Waals surface area contributed by atoms with Crippen molar-refractivity contribution in [1.29, 1.82) is 0 Å². The number of halogens is 2. The molecule has 4 saturated carbocycles. The number of hydrogen-bond donors (Lipinski definition) is 0. The smallest absolute Gasteiger partial charge is 0.0400 e. The first-order valence-electron chi connectivity index (χ1n) is 3.53. The average molecular weight is 207 g/mol. The monoisotopic (exact) mass is 206 g/mol. The van der Waals surface area contributed by atoms with Crippen LogP contribution in [0.1, 0.15) is 12.8 Å². The molecule has 4 aliphatic rings. The molecule has 0 amide bonds. The first kappa shape index (κ1) is 5.42. The molecule has 2 bridgehead atoms. The normalized spacial score (nSPS) is 74.0. The number of fused-ring (bicyclic) bond motifs is 1. The maximum Gasteiger partial charge on any atom is 0.0400 e. The molecular formula is C7H8BrCl. The van der Waals surface area contributed by atoms with Crippen molar-refractivity contribution in [3.8, 4) is 0 Å². The maximum atomic E-state index is 5.87. The van der Waals surface area contributed by atoms with E-state index < -0.39 is 0 Å². The molecule has 0 spiro atoms. The fraction of sp³-hybridized carbons (Fsp3) is 1.00. The largest absolute Gasteiger partial charge is 0.126 e. The SMILES string of the molecule is ClCC12C3CCC1C32Br. The number of alkyl halides is 2. The van der Waals surface area contributed by atoms with E-state index in [1.54, 1.807) is 0 Å². The fourth-order valence-corrected chi connectivity index (χ4v) is 5.69. The second kappa shape index (κ2) is 1.12. The third kappa shape index (κ3) is 0.282. The summed E-state index contributed by atoms with van der Waals surface area (Å²) >= 11 is 9.66. The predicted molar refractivity (Wildman–Crippen MR) is 41.0 cm³/mol. The molecular weight excluding hydrogens is 199 g/mol. The molecule has 2 heteroatoms. The molecule has 4 rings (SSSR count). The van der Waals surface area contributed by atoms with Crippen LogP contribution in [0.3, 0.4) is 0 Å². The van der Waals surface area contributed by atoms with Crippen LogP contribution in [0.25, 0.3) is 0 Å². The van der Waals surface area contributed by atoms with Gasteiger partial charge in [0.25, 0.3) is 0 Å². The van der Waals surface area contributed by atoms with Crippen LogP contribution in [-0.4, -0.2) is 10.2 Å². The Labute approximate surface area is 68.1 Å². The van der Waals surface area contributed by atoms with Gasteiger partial charge in [-0.2, -0.15) is 0 Å². The lowest BCUT2D eigenvalue weighted by molar-refractivity contribution is 0.544. The van der Waals surface area contributed by atoms with Crippen molar-refractivity contribution in [2.75, 3.05) is 5.88 Å². The molecule has 0 radical (unpaired) electrons. The Morgan fingerprint density at radius 1 is 1.44 bits per heavy atom. The second-order valence-electron chi connectivity index (χ2n) is 3.62. The van der Waals surface area contributed by atoms with Crippen LogP contribution >= 0.6 is 27.5 Å². The molecule has 0 saturated heterocycles. The molecule has 0 aromatic rings. The molecule has 4 aliphatic carbocycles. The van der Waals surface area contributed by atoms with Crippen LogP contribution in [0.4, 0.5) is 0 Å². The molecule has 0 aliphatic heterocycles. The zero-order chi connectivity index (χ0) is 6.28. The summed E-state index contributed by atoms with van der Waals surface area (Å²) in [5.41, 5.74) is 0.606. The molecule has 0 aromatic carbocycles. The highest BCUT2D eigenvalue weighted by molar-refractivity contribution is 9.10. The van der Waals surface area contributed by atoms with E-state index in [0.717, 1.165) is 17.7 Å². The highest BCUT2D eigenvalue weighted by atomic mass is 79.9. The zero-order valence-electron chi connectivity index (χ0n) is 5.03. The van der Waals surface area contributed by atoms with Crippen LogP contribution in [0.5, 0.6) is 0 Å². The zero-order valence-corrected chi connectivity index (χ0v) is 7.37. The van der Waals surface area contributed by atoms with E-state index in [1.807, 2.05) is 0 Å². The molecule has 0 N–H and O–H groups in total. The summed E-state index contributed by atoms with van der Waals surface area (Å²) in [6.45, 7) is 0. The molecule has 4 fully saturated rings. The lowest BCUT2D eigenvalue weighted by atomic mass is 10.1. The molecule has 0 aromatic heterocycles. The van der Waals surface area contributed by atoms with Crippen molar-refractivity contribution in [2.45, 2.75) is 17.2 Å². The number of hydrogen-bond acceptors (Lipinski definition) is 0. The minimum Gasteiger partial charge on any atom is -0.126 e. The van der Waals surface area contributed by atoms with Crippen molar-refractivity contribution >= 4 is 27.5 Å². The lowest BCUT2D eigenvalue weighted by Gasteiger charge is -2.01. The molecule has 50 valence electrons. The van der Waals surface area contributed by atoms with E-state index in [0.29, 0.717) is 9.74 Å². The van der Waals surface area contributed by atoms with Gasteiger partial charge < -0.3 is 0 Å². The van der Waals surface area contributed by atoms with Crippen molar-refractivity contribution in [3.63, 3.8) is 0 Å². The quantitative estimate of drug-likeness (QED) is 0.579. The molecule has 2 atom stereocenters. The Kier molecular flexibility index (Phi) is 0.673. The fourth-order valence-electron chi connectivity index (χ4n) is 3.20. The Bertz CT molecular complexity index is 177. The minimum atomic E-state index is 0.571. The summed E-state index contributed by atoms with van der Waals surface area (Å²) in [5.74, 6) is 2.83. The summed E-state index contributed by atoms with van der Waals surface area (Å²) < 4.78 is 0.571. The third-order valence-electron chi connectivity index (χ3n) is 3.77. The summed E-state index contributed by atoms with van der Waals surface area (Å²) in [4.78, 5) is 0. The second-order valence-corrected chi connectivity index (χ2v) is 5.20. The minimum absolute atomic E-state index is 0.571. The van der Waals surface area contributed by atoms with E-state index in [1.165, 1.54) is 12.8 Å². The molecule has 0 heterocycles. The van der Waals surface area contributed by atoms with Crippen molar-refractivity contribution in [1.82, 2.24) is 0 Å². The summed E-state index contributed by atoms with van der Waals surface area (Å²) in [5, 5.41) is 0. The lowest BCUT2D eigenvalue weighted by Crippen LogP contribution is -2.01. The van der Waals surface area contributed by atoms with Gasteiger partial charge in [-0.3, -0.25) is 0 Å². The first-order chi connectivity index (χ1) is 4.28. The van der Waals surface area contributed by atoms with Gasteiger partial charge in [-0.05, 0) is 24.7 Å². The van der Waals surface area contributed by atoms with Crippen molar-refractivity contribution < 1.29 is 0 Å². The van der Waals surface area contributed by atoms with Gasteiger partial charge in [0, 0.05) is 15.6 Å².